The second kappa shape index (κ2) is 9.97. The average Bonchev–Trinajstić information content (AvgIpc) is 3.74. The van der Waals surface area contributed by atoms with Crippen molar-refractivity contribution in [2.24, 2.45) is 0 Å². The van der Waals surface area contributed by atoms with Crippen molar-refractivity contribution in [2.75, 3.05) is 0 Å². The highest BCUT2D eigenvalue weighted by atomic mass is 32.1. The molecule has 9 aromatic rings. The fourth-order valence-corrected chi connectivity index (χ4v) is 6.95. The molecule has 206 valence electrons. The standard InChI is InChI=1S/C39H24N4S/c1-3-11-25(12-4-1)37-40-38(26-13-5-2-6-14-26)42-39(41-37)27-19-21-28(22-20-27)43-33-17-9-7-15-29(33)31-23-24-32-30-16-8-10-18-34(30)44-36(32)35(31)43/h1-24H/i1D,2D,3D,4D,5D,6D,11D,12D,13D,14D. The minimum atomic E-state index is -0.597. The number of thiophene rings is 1. The molecule has 9 rings (SSSR count). The Bertz CT molecular complexity index is 2920. The van der Waals surface area contributed by atoms with Crippen molar-refractivity contribution in [1.82, 2.24) is 19.5 Å². The zero-order chi connectivity index (χ0) is 37.7. The molecule has 0 aliphatic carbocycles. The monoisotopic (exact) mass is 590 g/mol. The predicted molar refractivity (Wildman–Crippen MR) is 183 cm³/mol. The van der Waals surface area contributed by atoms with E-state index in [9.17, 15) is 0 Å². The largest absolute Gasteiger partial charge is 0.308 e. The van der Waals surface area contributed by atoms with Gasteiger partial charge in [-0.05, 0) is 36.4 Å². The van der Waals surface area contributed by atoms with Gasteiger partial charge in [0.1, 0.15) is 0 Å². The lowest BCUT2D eigenvalue weighted by Crippen LogP contribution is -2.00. The maximum atomic E-state index is 8.60. The number of hydrogen-bond donors (Lipinski definition) is 0. The maximum Gasteiger partial charge on any atom is 0.164 e. The Labute approximate surface area is 271 Å². The van der Waals surface area contributed by atoms with E-state index >= 15 is 0 Å². The Kier molecular flexibility index (Phi) is 3.82. The summed E-state index contributed by atoms with van der Waals surface area (Å²) >= 11 is 1.74. The Balaban J connectivity index is 1.28. The van der Waals surface area contributed by atoms with E-state index < -0.39 is 60.4 Å². The van der Waals surface area contributed by atoms with Crippen LogP contribution in [0.2, 0.25) is 0 Å². The van der Waals surface area contributed by atoms with Crippen molar-refractivity contribution >= 4 is 53.3 Å². The highest BCUT2D eigenvalue weighted by Gasteiger charge is 2.18. The summed E-state index contributed by atoms with van der Waals surface area (Å²) in [5, 5.41) is 4.55. The number of aromatic nitrogens is 4. The van der Waals surface area contributed by atoms with Crippen LogP contribution < -0.4 is 0 Å². The van der Waals surface area contributed by atoms with Crippen LogP contribution >= 0.6 is 11.3 Å². The first-order valence-corrected chi connectivity index (χ1v) is 14.6. The van der Waals surface area contributed by atoms with E-state index in [2.05, 4.69) is 55.9 Å². The number of fused-ring (bicyclic) bond motifs is 7. The number of benzene rings is 6. The minimum absolute atomic E-state index is 0.00860. The van der Waals surface area contributed by atoms with Crippen molar-refractivity contribution < 1.29 is 13.7 Å². The lowest BCUT2D eigenvalue weighted by molar-refractivity contribution is 1.07. The summed E-state index contributed by atoms with van der Waals surface area (Å²) < 4.78 is 88.1. The molecule has 3 heterocycles. The van der Waals surface area contributed by atoms with Gasteiger partial charge in [0.15, 0.2) is 17.5 Å². The molecule has 0 saturated heterocycles. The van der Waals surface area contributed by atoms with E-state index in [1.165, 1.54) is 10.1 Å². The number of hydrogen-bond acceptors (Lipinski definition) is 4. The summed E-state index contributed by atoms with van der Waals surface area (Å²) in [6.45, 7) is 0. The molecule has 0 atom stereocenters. The van der Waals surface area contributed by atoms with Crippen LogP contribution in [0.15, 0.2) is 145 Å². The van der Waals surface area contributed by atoms with E-state index in [1.807, 2.05) is 36.4 Å². The van der Waals surface area contributed by atoms with Gasteiger partial charge >= 0.3 is 0 Å². The molecule has 6 aromatic carbocycles. The van der Waals surface area contributed by atoms with Crippen LogP contribution in [0.1, 0.15) is 13.7 Å². The van der Waals surface area contributed by atoms with Gasteiger partial charge in [0.25, 0.3) is 0 Å². The molecule has 0 amide bonds. The summed E-state index contributed by atoms with van der Waals surface area (Å²) in [7, 11) is 0. The molecule has 0 N–H and O–H groups in total. The number of nitrogens with zero attached hydrogens (tertiary/aromatic N) is 4. The molecule has 0 bridgehead atoms. The molecule has 0 spiro atoms. The third-order valence-corrected chi connectivity index (χ3v) is 8.84. The van der Waals surface area contributed by atoms with Crippen molar-refractivity contribution in [2.45, 2.75) is 0 Å². The second-order valence-electron chi connectivity index (χ2n) is 10.1. The fourth-order valence-electron chi connectivity index (χ4n) is 5.71. The zero-order valence-corrected chi connectivity index (χ0v) is 23.6. The molecule has 5 heteroatoms. The van der Waals surface area contributed by atoms with Gasteiger partial charge in [-0.1, -0.05) is 109 Å². The van der Waals surface area contributed by atoms with Crippen molar-refractivity contribution in [1.29, 1.82) is 0 Å². The first kappa shape index (κ1) is 16.8. The van der Waals surface area contributed by atoms with Crippen molar-refractivity contribution in [3.05, 3.63) is 145 Å². The van der Waals surface area contributed by atoms with Gasteiger partial charge in [-0.25, -0.2) is 15.0 Å². The Morgan fingerprint density at radius 1 is 0.500 bits per heavy atom. The molecule has 0 fully saturated rings. The highest BCUT2D eigenvalue weighted by molar-refractivity contribution is 7.26. The highest BCUT2D eigenvalue weighted by Crippen LogP contribution is 2.43. The Morgan fingerprint density at radius 3 is 1.75 bits per heavy atom. The predicted octanol–water partition coefficient (Wildman–Crippen LogP) is 10.3. The van der Waals surface area contributed by atoms with Crippen molar-refractivity contribution in [3.8, 4) is 39.9 Å². The summed E-state index contributed by atoms with van der Waals surface area (Å²) in [6.07, 6.45) is 0. The topological polar surface area (TPSA) is 43.6 Å². The van der Waals surface area contributed by atoms with Gasteiger partial charge in [0, 0.05) is 48.6 Å². The molecular formula is C39H24N4S. The third-order valence-electron chi connectivity index (χ3n) is 7.65. The van der Waals surface area contributed by atoms with E-state index in [0.717, 1.165) is 37.6 Å². The van der Waals surface area contributed by atoms with Gasteiger partial charge < -0.3 is 4.57 Å². The quantitative estimate of drug-likeness (QED) is 0.205. The maximum absolute atomic E-state index is 8.60. The van der Waals surface area contributed by atoms with E-state index in [4.69, 9.17) is 13.7 Å². The van der Waals surface area contributed by atoms with Gasteiger partial charge in [-0.15, -0.1) is 11.3 Å². The molecule has 0 saturated carbocycles. The van der Waals surface area contributed by atoms with Gasteiger partial charge in [0.2, 0.25) is 0 Å². The number of rotatable bonds is 4. The molecule has 0 aliphatic rings. The van der Waals surface area contributed by atoms with E-state index in [1.54, 1.807) is 23.5 Å². The molecular weight excluding hydrogens is 557 g/mol. The second-order valence-corrected chi connectivity index (χ2v) is 11.2. The number of para-hydroxylation sites is 1. The molecule has 3 aromatic heterocycles. The molecule has 0 aliphatic heterocycles. The minimum Gasteiger partial charge on any atom is -0.308 e. The summed E-state index contributed by atoms with van der Waals surface area (Å²) in [4.78, 5) is 13.5. The lowest BCUT2D eigenvalue weighted by Gasteiger charge is -2.11. The normalized spacial score (nSPS) is 14.8. The van der Waals surface area contributed by atoms with Crippen LogP contribution in [-0.4, -0.2) is 19.5 Å². The van der Waals surface area contributed by atoms with Crippen LogP contribution in [0.25, 0.3) is 81.8 Å². The van der Waals surface area contributed by atoms with Gasteiger partial charge in [-0.3, -0.25) is 0 Å². The Hall–Kier alpha value is -5.65. The van der Waals surface area contributed by atoms with Gasteiger partial charge in [0.05, 0.1) is 29.4 Å². The molecule has 44 heavy (non-hydrogen) atoms. The summed E-state index contributed by atoms with van der Waals surface area (Å²) in [5.74, 6) is -0.607. The fraction of sp³-hybridized carbons (Fsp3) is 0. The smallest absolute Gasteiger partial charge is 0.164 e. The third kappa shape index (κ3) is 3.94. The molecule has 4 nitrogen and oxygen atoms in total. The average molecular weight is 591 g/mol. The van der Waals surface area contributed by atoms with Crippen molar-refractivity contribution in [3.63, 3.8) is 0 Å². The molecule has 0 radical (unpaired) electrons. The van der Waals surface area contributed by atoms with Crippen LogP contribution in [0.4, 0.5) is 0 Å². The van der Waals surface area contributed by atoms with Gasteiger partial charge in [-0.2, -0.15) is 0 Å². The van der Waals surface area contributed by atoms with Crippen LogP contribution in [0.3, 0.4) is 0 Å². The lowest BCUT2D eigenvalue weighted by atomic mass is 10.1. The van der Waals surface area contributed by atoms with E-state index in [0.29, 0.717) is 5.56 Å². The summed E-state index contributed by atoms with van der Waals surface area (Å²) in [5.41, 5.74) is 2.75. The summed E-state index contributed by atoms with van der Waals surface area (Å²) in [6, 6.07) is 22.5. The Morgan fingerprint density at radius 2 is 1.07 bits per heavy atom. The first-order valence-electron chi connectivity index (χ1n) is 18.8. The molecule has 0 unspecified atom stereocenters. The van der Waals surface area contributed by atoms with Crippen LogP contribution in [-0.2, 0) is 0 Å². The van der Waals surface area contributed by atoms with Crippen LogP contribution in [0, 0.1) is 0 Å². The first-order chi connectivity index (χ1) is 26.0. The zero-order valence-electron chi connectivity index (χ0n) is 32.8. The van der Waals surface area contributed by atoms with Crippen LogP contribution in [0.5, 0.6) is 0 Å². The van der Waals surface area contributed by atoms with E-state index in [-0.39, 0.29) is 28.6 Å². The SMILES string of the molecule is [2H]c1c([2H])c([2H])c(-c2nc(-c3ccc(-n4c5ccccc5c5ccc6c7ccccc7sc6c54)cc3)nc(-c3c([2H])c([2H])c([2H])c([2H])c3[2H])n2)c([2H])c1[2H].